The van der Waals surface area contributed by atoms with Crippen molar-refractivity contribution in [3.63, 3.8) is 0 Å². The number of rotatable bonds is 3. The van der Waals surface area contributed by atoms with Gasteiger partial charge in [0.25, 0.3) is 0 Å². The van der Waals surface area contributed by atoms with Crippen molar-refractivity contribution < 1.29 is 17.9 Å². The molecule has 0 saturated carbocycles. The first-order valence-corrected chi connectivity index (χ1v) is 7.42. The molecule has 6 nitrogen and oxygen atoms in total. The summed E-state index contributed by atoms with van der Waals surface area (Å²) < 4.78 is 29.9. The predicted octanol–water partition coefficient (Wildman–Crippen LogP) is 0.443. The van der Waals surface area contributed by atoms with E-state index in [4.69, 9.17) is 5.73 Å². The zero-order valence-electron chi connectivity index (χ0n) is 10.8. The SMILES string of the molecule is COC(=O)CS(=O)(=O)N1CCc2cc(C)c(N)cc21. The summed E-state index contributed by atoms with van der Waals surface area (Å²) in [5.41, 5.74) is 8.77. The lowest BCUT2D eigenvalue weighted by Crippen LogP contribution is -2.34. The molecule has 0 saturated heterocycles. The zero-order valence-corrected chi connectivity index (χ0v) is 11.7. The number of nitrogens with two attached hydrogens (primary N) is 1. The number of carbonyl (C=O) groups is 1. The molecule has 0 bridgehead atoms. The minimum atomic E-state index is -3.71. The van der Waals surface area contributed by atoms with E-state index < -0.39 is 21.7 Å². The fourth-order valence-electron chi connectivity index (χ4n) is 2.12. The molecule has 0 amide bonds. The molecule has 19 heavy (non-hydrogen) atoms. The van der Waals surface area contributed by atoms with Crippen LogP contribution in [0.3, 0.4) is 0 Å². The van der Waals surface area contributed by atoms with E-state index in [1.54, 1.807) is 6.07 Å². The second-order valence-electron chi connectivity index (χ2n) is 4.49. The van der Waals surface area contributed by atoms with Crippen LogP contribution >= 0.6 is 0 Å². The van der Waals surface area contributed by atoms with E-state index in [2.05, 4.69) is 4.74 Å². The number of sulfonamides is 1. The lowest BCUT2D eigenvalue weighted by molar-refractivity contribution is -0.137. The van der Waals surface area contributed by atoms with Gasteiger partial charge in [-0.05, 0) is 30.5 Å². The molecule has 1 heterocycles. The Bertz CT molecular complexity index is 625. The van der Waals surface area contributed by atoms with Crippen LogP contribution < -0.4 is 10.0 Å². The largest absolute Gasteiger partial charge is 0.468 e. The lowest BCUT2D eigenvalue weighted by atomic mass is 10.1. The van der Waals surface area contributed by atoms with Gasteiger partial charge in [-0.1, -0.05) is 6.07 Å². The van der Waals surface area contributed by atoms with Gasteiger partial charge in [0, 0.05) is 12.2 Å². The van der Waals surface area contributed by atoms with Gasteiger partial charge < -0.3 is 10.5 Å². The van der Waals surface area contributed by atoms with Gasteiger partial charge in [-0.25, -0.2) is 8.42 Å². The summed E-state index contributed by atoms with van der Waals surface area (Å²) in [4.78, 5) is 11.2. The van der Waals surface area contributed by atoms with Crippen LogP contribution in [0.5, 0.6) is 0 Å². The van der Waals surface area contributed by atoms with Gasteiger partial charge in [0.05, 0.1) is 12.8 Å². The molecule has 0 spiro atoms. The Morgan fingerprint density at radius 3 is 2.79 bits per heavy atom. The summed E-state index contributed by atoms with van der Waals surface area (Å²) in [6.07, 6.45) is 0.622. The van der Waals surface area contributed by atoms with Gasteiger partial charge >= 0.3 is 5.97 Å². The standard InChI is InChI=1S/C12H16N2O4S/c1-8-5-9-3-4-14(11(9)6-10(8)13)19(16,17)7-12(15)18-2/h5-6H,3-4,7,13H2,1-2H3. The van der Waals surface area contributed by atoms with Crippen molar-refractivity contribution in [3.8, 4) is 0 Å². The van der Waals surface area contributed by atoms with E-state index in [1.165, 1.54) is 4.31 Å². The van der Waals surface area contributed by atoms with Gasteiger partial charge in [0.15, 0.2) is 5.75 Å². The van der Waals surface area contributed by atoms with Crippen LogP contribution in [0, 0.1) is 6.92 Å². The van der Waals surface area contributed by atoms with E-state index in [1.807, 2.05) is 13.0 Å². The number of nitrogen functional groups attached to an aromatic ring is 1. The number of nitrogens with zero attached hydrogens (tertiary/aromatic N) is 1. The predicted molar refractivity (Wildman–Crippen MR) is 72.4 cm³/mol. The molecular weight excluding hydrogens is 268 g/mol. The number of benzene rings is 1. The number of anilines is 2. The average Bonchev–Trinajstić information content (AvgIpc) is 2.72. The number of fused-ring (bicyclic) bond motifs is 1. The summed E-state index contributed by atoms with van der Waals surface area (Å²) >= 11 is 0. The molecular formula is C12H16N2O4S. The summed E-state index contributed by atoms with van der Waals surface area (Å²) in [6, 6.07) is 3.53. The molecule has 1 aromatic rings. The van der Waals surface area contributed by atoms with Crippen LogP contribution in [0.1, 0.15) is 11.1 Å². The number of esters is 1. The smallest absolute Gasteiger partial charge is 0.322 e. The molecule has 0 fully saturated rings. The Morgan fingerprint density at radius 2 is 2.16 bits per heavy atom. The van der Waals surface area contributed by atoms with Crippen molar-refractivity contribution in [2.24, 2.45) is 0 Å². The van der Waals surface area contributed by atoms with Gasteiger partial charge in [-0.15, -0.1) is 0 Å². The first-order chi connectivity index (χ1) is 8.85. The zero-order chi connectivity index (χ0) is 14.2. The highest BCUT2D eigenvalue weighted by molar-refractivity contribution is 7.93. The molecule has 0 aromatic heterocycles. The van der Waals surface area contributed by atoms with Crippen LogP contribution in [0.15, 0.2) is 12.1 Å². The molecule has 0 unspecified atom stereocenters. The molecule has 2 rings (SSSR count). The van der Waals surface area contributed by atoms with Crippen molar-refractivity contribution >= 4 is 27.4 Å². The maximum Gasteiger partial charge on any atom is 0.322 e. The number of ether oxygens (including phenoxy) is 1. The third-order valence-corrected chi connectivity index (χ3v) is 4.84. The molecule has 1 aliphatic rings. The van der Waals surface area contributed by atoms with E-state index in [0.717, 1.165) is 18.2 Å². The maximum absolute atomic E-state index is 12.1. The molecule has 0 atom stereocenters. The van der Waals surface area contributed by atoms with E-state index in [-0.39, 0.29) is 0 Å². The minimum absolute atomic E-state index is 0.331. The van der Waals surface area contributed by atoms with Gasteiger partial charge in [0.1, 0.15) is 0 Å². The Hall–Kier alpha value is -1.76. The van der Waals surface area contributed by atoms with Gasteiger partial charge in [-0.3, -0.25) is 9.10 Å². The third kappa shape index (κ3) is 2.51. The molecule has 0 radical (unpaired) electrons. The number of methoxy groups -OCH3 is 1. The Kier molecular flexibility index (Phi) is 3.40. The van der Waals surface area contributed by atoms with Gasteiger partial charge in [0.2, 0.25) is 10.0 Å². The number of carbonyl (C=O) groups excluding carboxylic acids is 1. The fraction of sp³-hybridized carbons (Fsp3) is 0.417. The summed E-state index contributed by atoms with van der Waals surface area (Å²) in [5.74, 6) is -1.43. The molecule has 1 aliphatic heterocycles. The first kappa shape index (κ1) is 13.7. The maximum atomic E-state index is 12.1. The van der Waals surface area contributed by atoms with E-state index in [9.17, 15) is 13.2 Å². The van der Waals surface area contributed by atoms with Crippen molar-refractivity contribution in [1.82, 2.24) is 0 Å². The lowest BCUT2D eigenvalue weighted by Gasteiger charge is -2.19. The van der Waals surface area contributed by atoms with Crippen molar-refractivity contribution in [2.45, 2.75) is 13.3 Å². The highest BCUT2D eigenvalue weighted by Gasteiger charge is 2.31. The van der Waals surface area contributed by atoms with Crippen LogP contribution in [0.25, 0.3) is 0 Å². The topological polar surface area (TPSA) is 89.7 Å². The molecule has 1 aromatic carbocycles. The monoisotopic (exact) mass is 284 g/mol. The van der Waals surface area contributed by atoms with Gasteiger partial charge in [-0.2, -0.15) is 0 Å². The molecule has 0 aliphatic carbocycles. The Labute approximate surface area is 112 Å². The number of hydrogen-bond acceptors (Lipinski definition) is 5. The third-order valence-electron chi connectivity index (χ3n) is 3.18. The van der Waals surface area contributed by atoms with Crippen molar-refractivity contribution in [2.75, 3.05) is 29.4 Å². The quantitative estimate of drug-likeness (QED) is 0.642. The fourth-order valence-corrected chi connectivity index (χ4v) is 3.53. The molecule has 7 heteroatoms. The Morgan fingerprint density at radius 1 is 1.47 bits per heavy atom. The van der Waals surface area contributed by atoms with E-state index >= 15 is 0 Å². The molecule has 2 N–H and O–H groups in total. The number of hydrogen-bond donors (Lipinski definition) is 1. The van der Waals surface area contributed by atoms with Crippen LogP contribution in [0.2, 0.25) is 0 Å². The van der Waals surface area contributed by atoms with E-state index in [0.29, 0.717) is 24.3 Å². The second kappa shape index (κ2) is 4.73. The van der Waals surface area contributed by atoms with Crippen LogP contribution in [0.4, 0.5) is 11.4 Å². The average molecular weight is 284 g/mol. The van der Waals surface area contributed by atoms with Crippen LogP contribution in [-0.4, -0.2) is 33.8 Å². The summed E-state index contributed by atoms with van der Waals surface area (Å²) in [5, 5.41) is 0. The number of aryl methyl sites for hydroxylation is 1. The van der Waals surface area contributed by atoms with Crippen molar-refractivity contribution in [1.29, 1.82) is 0 Å². The summed E-state index contributed by atoms with van der Waals surface area (Å²) in [7, 11) is -2.55. The molecule has 104 valence electrons. The second-order valence-corrected chi connectivity index (χ2v) is 6.39. The minimum Gasteiger partial charge on any atom is -0.468 e. The Balaban J connectivity index is 2.37. The van der Waals surface area contributed by atoms with Crippen molar-refractivity contribution in [3.05, 3.63) is 23.3 Å². The highest BCUT2D eigenvalue weighted by atomic mass is 32.2. The normalized spacial score (nSPS) is 14.3. The van der Waals surface area contributed by atoms with Crippen LogP contribution in [-0.2, 0) is 26.0 Å². The summed E-state index contributed by atoms with van der Waals surface area (Å²) in [6.45, 7) is 2.21. The first-order valence-electron chi connectivity index (χ1n) is 5.81. The highest BCUT2D eigenvalue weighted by Crippen LogP contribution is 2.33.